The Morgan fingerprint density at radius 3 is 2.77 bits per heavy atom. The van der Waals surface area contributed by atoms with E-state index in [0.717, 1.165) is 18.5 Å². The summed E-state index contributed by atoms with van der Waals surface area (Å²) < 4.78 is 10.6. The fourth-order valence-corrected chi connectivity index (χ4v) is 3.37. The summed E-state index contributed by atoms with van der Waals surface area (Å²) in [5, 5.41) is 2.89. The zero-order chi connectivity index (χ0) is 18.1. The first kappa shape index (κ1) is 16.4. The van der Waals surface area contributed by atoms with Crippen LogP contribution in [-0.4, -0.2) is 40.8 Å². The van der Waals surface area contributed by atoms with Gasteiger partial charge in [-0.05, 0) is 31.9 Å². The van der Waals surface area contributed by atoms with Crippen molar-refractivity contribution in [1.82, 2.24) is 14.9 Å². The van der Waals surface area contributed by atoms with Crippen molar-refractivity contribution >= 4 is 11.7 Å². The molecule has 4 rings (SSSR count). The third kappa shape index (κ3) is 3.35. The van der Waals surface area contributed by atoms with Gasteiger partial charge in [0.1, 0.15) is 5.82 Å². The molecule has 2 aliphatic rings. The molecule has 0 radical (unpaired) electrons. The van der Waals surface area contributed by atoms with E-state index in [4.69, 9.17) is 9.47 Å². The summed E-state index contributed by atoms with van der Waals surface area (Å²) in [7, 11) is 0. The van der Waals surface area contributed by atoms with Crippen molar-refractivity contribution in [3.05, 3.63) is 46.1 Å². The molecule has 8 nitrogen and oxygen atoms in total. The van der Waals surface area contributed by atoms with Crippen LogP contribution in [0.2, 0.25) is 0 Å². The van der Waals surface area contributed by atoms with Gasteiger partial charge in [-0.15, -0.1) is 0 Å². The molecule has 2 aliphatic heterocycles. The SMILES string of the molecule is Cc1nc(C2CCN(C(=O)Nc3ccc4c(c3)OCO4)CC2)cc(=O)[nH]1. The molecule has 2 aromatic rings. The predicted octanol–water partition coefficient (Wildman–Crippen LogP) is 2.22. The molecule has 2 N–H and O–H groups in total. The maximum atomic E-state index is 12.5. The molecule has 0 aliphatic carbocycles. The number of hydrogen-bond donors (Lipinski definition) is 2. The normalized spacial score (nSPS) is 16.6. The van der Waals surface area contributed by atoms with Gasteiger partial charge < -0.3 is 24.7 Å². The molecule has 0 saturated carbocycles. The number of aromatic amines is 1. The lowest BCUT2D eigenvalue weighted by atomic mass is 9.93. The minimum absolute atomic E-state index is 0.129. The van der Waals surface area contributed by atoms with Gasteiger partial charge in [-0.1, -0.05) is 0 Å². The Labute approximate surface area is 150 Å². The van der Waals surface area contributed by atoms with Crippen molar-refractivity contribution in [2.75, 3.05) is 25.2 Å². The van der Waals surface area contributed by atoms with Gasteiger partial charge in [-0.3, -0.25) is 4.79 Å². The van der Waals surface area contributed by atoms with Crippen molar-refractivity contribution < 1.29 is 14.3 Å². The van der Waals surface area contributed by atoms with Gasteiger partial charge in [0.25, 0.3) is 5.56 Å². The van der Waals surface area contributed by atoms with Crippen LogP contribution in [0.15, 0.2) is 29.1 Å². The van der Waals surface area contributed by atoms with Crippen LogP contribution < -0.4 is 20.3 Å². The van der Waals surface area contributed by atoms with Crippen LogP contribution in [0.25, 0.3) is 0 Å². The van der Waals surface area contributed by atoms with Gasteiger partial charge >= 0.3 is 6.03 Å². The number of piperidine rings is 1. The molecule has 1 aromatic carbocycles. The maximum absolute atomic E-state index is 12.5. The molecule has 0 atom stereocenters. The Morgan fingerprint density at radius 1 is 1.23 bits per heavy atom. The number of benzene rings is 1. The van der Waals surface area contributed by atoms with Crippen LogP contribution in [0.4, 0.5) is 10.5 Å². The topological polar surface area (TPSA) is 96.6 Å². The third-order valence-electron chi connectivity index (χ3n) is 4.70. The Bertz CT molecular complexity index is 887. The number of urea groups is 1. The first-order valence-corrected chi connectivity index (χ1v) is 8.62. The van der Waals surface area contributed by atoms with Gasteiger partial charge in [-0.2, -0.15) is 0 Å². The molecule has 1 fully saturated rings. The van der Waals surface area contributed by atoms with Crippen molar-refractivity contribution in [3.63, 3.8) is 0 Å². The number of hydrogen-bond acceptors (Lipinski definition) is 5. The zero-order valence-corrected chi connectivity index (χ0v) is 14.4. The lowest BCUT2D eigenvalue weighted by molar-refractivity contribution is 0.174. The standard InChI is InChI=1S/C18H20N4O4/c1-11-19-14(9-17(23)20-11)12-4-6-22(7-5-12)18(24)21-13-2-3-15-16(8-13)26-10-25-15/h2-3,8-9,12H,4-7,10H2,1H3,(H,21,24)(H,19,20,23). The highest BCUT2D eigenvalue weighted by Crippen LogP contribution is 2.34. The summed E-state index contributed by atoms with van der Waals surface area (Å²) in [4.78, 5) is 33.0. The average Bonchev–Trinajstić information content (AvgIpc) is 3.09. The second-order valence-corrected chi connectivity index (χ2v) is 6.52. The molecular formula is C18H20N4O4. The number of carbonyl (C=O) groups excluding carboxylic acids is 1. The van der Waals surface area contributed by atoms with E-state index < -0.39 is 0 Å². The van der Waals surface area contributed by atoms with E-state index in [9.17, 15) is 9.59 Å². The van der Waals surface area contributed by atoms with E-state index in [-0.39, 0.29) is 24.3 Å². The summed E-state index contributed by atoms with van der Waals surface area (Å²) in [5.74, 6) is 2.14. The summed E-state index contributed by atoms with van der Waals surface area (Å²) in [5.41, 5.74) is 1.35. The smallest absolute Gasteiger partial charge is 0.321 e. The zero-order valence-electron chi connectivity index (χ0n) is 14.4. The van der Waals surface area contributed by atoms with Gasteiger partial charge in [0.2, 0.25) is 6.79 Å². The van der Waals surface area contributed by atoms with Crippen molar-refractivity contribution in [3.8, 4) is 11.5 Å². The number of aryl methyl sites for hydroxylation is 1. The molecule has 26 heavy (non-hydrogen) atoms. The van der Waals surface area contributed by atoms with Crippen molar-refractivity contribution in [2.45, 2.75) is 25.7 Å². The molecule has 2 amide bonds. The Morgan fingerprint density at radius 2 is 2.00 bits per heavy atom. The fraction of sp³-hybridized carbons (Fsp3) is 0.389. The van der Waals surface area contributed by atoms with Gasteiger partial charge in [0, 0.05) is 36.8 Å². The first-order valence-electron chi connectivity index (χ1n) is 8.62. The van der Waals surface area contributed by atoms with Crippen LogP contribution >= 0.6 is 0 Å². The number of nitrogens with zero attached hydrogens (tertiary/aromatic N) is 2. The minimum atomic E-state index is -0.141. The second kappa shape index (κ2) is 6.70. The van der Waals surface area contributed by atoms with Crippen molar-refractivity contribution in [2.24, 2.45) is 0 Å². The number of aromatic nitrogens is 2. The van der Waals surface area contributed by atoms with Crippen molar-refractivity contribution in [1.29, 1.82) is 0 Å². The largest absolute Gasteiger partial charge is 0.454 e. The van der Waals surface area contributed by atoms with Crippen LogP contribution in [0.1, 0.15) is 30.3 Å². The monoisotopic (exact) mass is 356 g/mol. The quantitative estimate of drug-likeness (QED) is 0.860. The van der Waals surface area contributed by atoms with Crippen LogP contribution in [0.5, 0.6) is 11.5 Å². The molecule has 8 heteroatoms. The summed E-state index contributed by atoms with van der Waals surface area (Å²) in [6.07, 6.45) is 1.56. The second-order valence-electron chi connectivity index (χ2n) is 6.52. The maximum Gasteiger partial charge on any atom is 0.321 e. The van der Waals surface area contributed by atoms with E-state index in [2.05, 4.69) is 15.3 Å². The van der Waals surface area contributed by atoms with E-state index in [1.807, 2.05) is 0 Å². The summed E-state index contributed by atoms with van der Waals surface area (Å²) >= 11 is 0. The molecule has 1 saturated heterocycles. The Kier molecular flexibility index (Phi) is 4.24. The van der Waals surface area contributed by atoms with Gasteiger partial charge in [-0.25, -0.2) is 9.78 Å². The molecule has 1 aromatic heterocycles. The van der Waals surface area contributed by atoms with E-state index in [0.29, 0.717) is 36.1 Å². The summed E-state index contributed by atoms with van der Waals surface area (Å²) in [6.45, 7) is 3.22. The number of H-pyrrole nitrogens is 1. The Hall–Kier alpha value is -3.03. The predicted molar refractivity (Wildman–Crippen MR) is 94.7 cm³/mol. The van der Waals surface area contributed by atoms with E-state index in [1.165, 1.54) is 0 Å². The molecule has 0 unspecified atom stereocenters. The fourth-order valence-electron chi connectivity index (χ4n) is 3.37. The number of ether oxygens (including phenoxy) is 2. The molecule has 0 spiro atoms. The highest BCUT2D eigenvalue weighted by atomic mass is 16.7. The average molecular weight is 356 g/mol. The third-order valence-corrected chi connectivity index (χ3v) is 4.70. The number of nitrogens with one attached hydrogen (secondary N) is 2. The summed E-state index contributed by atoms with van der Waals surface area (Å²) in [6, 6.07) is 6.75. The molecule has 0 bridgehead atoms. The lowest BCUT2D eigenvalue weighted by Gasteiger charge is -2.31. The lowest BCUT2D eigenvalue weighted by Crippen LogP contribution is -2.40. The number of fused-ring (bicyclic) bond motifs is 1. The van der Waals surface area contributed by atoms with Crippen LogP contribution in [-0.2, 0) is 0 Å². The molecule has 136 valence electrons. The van der Waals surface area contributed by atoms with E-state index >= 15 is 0 Å². The Balaban J connectivity index is 1.37. The van der Waals surface area contributed by atoms with Crippen LogP contribution in [0.3, 0.4) is 0 Å². The molecule has 3 heterocycles. The minimum Gasteiger partial charge on any atom is -0.454 e. The number of amides is 2. The van der Waals surface area contributed by atoms with E-state index in [1.54, 1.807) is 36.1 Å². The van der Waals surface area contributed by atoms with Crippen LogP contribution in [0, 0.1) is 6.92 Å². The first-order chi connectivity index (χ1) is 12.6. The van der Waals surface area contributed by atoms with Gasteiger partial charge in [0.15, 0.2) is 11.5 Å². The number of rotatable bonds is 2. The van der Waals surface area contributed by atoms with Gasteiger partial charge in [0.05, 0.1) is 5.69 Å². The number of carbonyl (C=O) groups is 1. The molecular weight excluding hydrogens is 336 g/mol. The highest BCUT2D eigenvalue weighted by molar-refractivity contribution is 5.89. The number of likely N-dealkylation sites (tertiary alicyclic amines) is 1. The highest BCUT2D eigenvalue weighted by Gasteiger charge is 2.25. The number of anilines is 1.